The molecule has 1 aromatic carbocycles. The van der Waals surface area contributed by atoms with Crippen molar-refractivity contribution in [3.05, 3.63) is 24.3 Å². The van der Waals surface area contributed by atoms with Gasteiger partial charge in [-0.2, -0.15) is 4.31 Å². The van der Waals surface area contributed by atoms with Crippen LogP contribution in [-0.2, 0) is 19.6 Å². The third-order valence-corrected chi connectivity index (χ3v) is 8.01. The van der Waals surface area contributed by atoms with Gasteiger partial charge in [-0.3, -0.25) is 4.79 Å². The van der Waals surface area contributed by atoms with Gasteiger partial charge in [0.25, 0.3) is 0 Å². The molecule has 2 saturated heterocycles. The number of hydrogen-bond donors (Lipinski definition) is 1. The number of carbonyl (C=O) groups excluding carboxylic acids is 1. The van der Waals surface area contributed by atoms with Crippen LogP contribution in [0.1, 0.15) is 39.5 Å². The molecule has 7 nitrogen and oxygen atoms in total. The molecule has 0 aromatic heterocycles. The van der Waals surface area contributed by atoms with Crippen LogP contribution in [0.15, 0.2) is 29.2 Å². The van der Waals surface area contributed by atoms with Gasteiger partial charge >= 0.3 is 0 Å². The molecule has 0 saturated carbocycles. The van der Waals surface area contributed by atoms with Crippen molar-refractivity contribution >= 4 is 21.6 Å². The van der Waals surface area contributed by atoms with Crippen molar-refractivity contribution in [3.63, 3.8) is 0 Å². The van der Waals surface area contributed by atoms with E-state index in [1.165, 1.54) is 4.31 Å². The first-order valence-corrected chi connectivity index (χ1v) is 12.1. The maximum Gasteiger partial charge on any atom is 0.249 e. The van der Waals surface area contributed by atoms with Gasteiger partial charge in [0.15, 0.2) is 0 Å². The van der Waals surface area contributed by atoms with Crippen LogP contribution >= 0.6 is 0 Å². The molecule has 0 aliphatic carbocycles. The number of rotatable bonds is 8. The second-order valence-corrected chi connectivity index (χ2v) is 9.70. The van der Waals surface area contributed by atoms with Gasteiger partial charge < -0.3 is 15.0 Å². The third kappa shape index (κ3) is 5.29. The highest BCUT2D eigenvalue weighted by Crippen LogP contribution is 2.25. The predicted octanol–water partition coefficient (Wildman–Crippen LogP) is 2.23. The van der Waals surface area contributed by atoms with Crippen molar-refractivity contribution < 1.29 is 17.9 Å². The number of hydrogen-bond acceptors (Lipinski definition) is 5. The van der Waals surface area contributed by atoms with E-state index in [0.717, 1.165) is 44.5 Å². The van der Waals surface area contributed by atoms with Gasteiger partial charge in [0.2, 0.25) is 15.9 Å². The minimum absolute atomic E-state index is 0.0231. The van der Waals surface area contributed by atoms with Gasteiger partial charge in [-0.1, -0.05) is 13.8 Å². The highest BCUT2D eigenvalue weighted by atomic mass is 32.2. The molecule has 29 heavy (non-hydrogen) atoms. The van der Waals surface area contributed by atoms with Crippen LogP contribution in [0.3, 0.4) is 0 Å². The second-order valence-electron chi connectivity index (χ2n) is 7.76. The summed E-state index contributed by atoms with van der Waals surface area (Å²) >= 11 is 0. The normalized spacial score (nSPS) is 20.9. The summed E-state index contributed by atoms with van der Waals surface area (Å²) in [4.78, 5) is 14.7. The number of sulfonamides is 1. The lowest BCUT2D eigenvalue weighted by Crippen LogP contribution is -2.41. The van der Waals surface area contributed by atoms with Crippen molar-refractivity contribution in [3.8, 4) is 0 Å². The smallest absolute Gasteiger partial charge is 0.249 e. The van der Waals surface area contributed by atoms with E-state index in [1.54, 1.807) is 12.1 Å². The van der Waals surface area contributed by atoms with Crippen LogP contribution in [0.2, 0.25) is 0 Å². The fourth-order valence-corrected chi connectivity index (χ4v) is 5.54. The van der Waals surface area contributed by atoms with Gasteiger partial charge in [-0.15, -0.1) is 0 Å². The van der Waals surface area contributed by atoms with Crippen molar-refractivity contribution in [2.24, 2.45) is 5.92 Å². The molecule has 0 bridgehead atoms. The van der Waals surface area contributed by atoms with Gasteiger partial charge in [0, 0.05) is 45.0 Å². The van der Waals surface area contributed by atoms with Crippen molar-refractivity contribution in [2.45, 2.75) is 50.5 Å². The first kappa shape index (κ1) is 22.1. The summed E-state index contributed by atoms with van der Waals surface area (Å²) in [5, 5.41) is 3.04. The Hall–Kier alpha value is -1.64. The lowest BCUT2D eigenvalue weighted by molar-refractivity contribution is -0.130. The molecule has 2 heterocycles. The van der Waals surface area contributed by atoms with E-state index in [0.29, 0.717) is 37.1 Å². The van der Waals surface area contributed by atoms with Crippen LogP contribution in [-0.4, -0.2) is 64.1 Å². The fourth-order valence-electron chi connectivity index (χ4n) is 4.08. The Bertz CT molecular complexity index is 764. The Morgan fingerprint density at radius 1 is 1.14 bits per heavy atom. The van der Waals surface area contributed by atoms with E-state index in [2.05, 4.69) is 10.2 Å². The standard InChI is InChI=1S/C21H33N3O4S/c1-3-24(4-2)29(26,27)19-9-7-18(8-10-19)23-13-11-17(12-14-23)16-22-21(25)20-6-5-15-28-20/h7-10,17,20H,3-6,11-16H2,1-2H3,(H,22,25)/t20-/m1/s1. The van der Waals surface area contributed by atoms with Crippen LogP contribution in [0.25, 0.3) is 0 Å². The zero-order valence-corrected chi connectivity index (χ0v) is 18.3. The number of benzene rings is 1. The number of amides is 1. The summed E-state index contributed by atoms with van der Waals surface area (Å²) in [6.45, 7) is 7.84. The summed E-state index contributed by atoms with van der Waals surface area (Å²) in [6, 6.07) is 7.21. The SMILES string of the molecule is CCN(CC)S(=O)(=O)c1ccc(N2CCC(CNC(=O)[C@H]3CCCO3)CC2)cc1. The number of carbonyl (C=O) groups is 1. The van der Waals surface area contributed by atoms with Gasteiger partial charge in [0.05, 0.1) is 4.90 Å². The number of anilines is 1. The van der Waals surface area contributed by atoms with Gasteiger partial charge in [-0.25, -0.2) is 8.42 Å². The Morgan fingerprint density at radius 2 is 1.79 bits per heavy atom. The Balaban J connectivity index is 1.50. The fraction of sp³-hybridized carbons (Fsp3) is 0.667. The largest absolute Gasteiger partial charge is 0.372 e. The Morgan fingerprint density at radius 3 is 2.34 bits per heavy atom. The number of piperidine rings is 1. The molecule has 162 valence electrons. The molecule has 2 aliphatic heterocycles. The highest BCUT2D eigenvalue weighted by Gasteiger charge is 2.26. The summed E-state index contributed by atoms with van der Waals surface area (Å²) in [6.07, 6.45) is 3.54. The van der Waals surface area contributed by atoms with E-state index in [1.807, 2.05) is 26.0 Å². The number of ether oxygens (including phenoxy) is 1. The molecule has 1 amide bonds. The summed E-state index contributed by atoms with van der Waals surface area (Å²) in [5.74, 6) is 0.494. The summed E-state index contributed by atoms with van der Waals surface area (Å²) in [5.41, 5.74) is 1.05. The molecule has 1 atom stereocenters. The lowest BCUT2D eigenvalue weighted by atomic mass is 9.96. The average Bonchev–Trinajstić information content (AvgIpc) is 3.28. The zero-order chi connectivity index (χ0) is 20.9. The van der Waals surface area contributed by atoms with E-state index in [-0.39, 0.29) is 12.0 Å². The molecular weight excluding hydrogens is 390 g/mol. The molecule has 1 N–H and O–H groups in total. The van der Waals surface area contributed by atoms with Gasteiger partial charge in [-0.05, 0) is 55.9 Å². The number of nitrogens with one attached hydrogen (secondary N) is 1. The van der Waals surface area contributed by atoms with E-state index >= 15 is 0 Å². The van der Waals surface area contributed by atoms with Crippen LogP contribution in [0.4, 0.5) is 5.69 Å². The zero-order valence-electron chi connectivity index (χ0n) is 17.5. The van der Waals surface area contributed by atoms with E-state index < -0.39 is 10.0 Å². The quantitative estimate of drug-likeness (QED) is 0.694. The third-order valence-electron chi connectivity index (χ3n) is 5.95. The predicted molar refractivity (Wildman–Crippen MR) is 113 cm³/mol. The average molecular weight is 424 g/mol. The van der Waals surface area contributed by atoms with Gasteiger partial charge in [0.1, 0.15) is 6.10 Å². The first-order chi connectivity index (χ1) is 14.0. The van der Waals surface area contributed by atoms with Crippen LogP contribution in [0.5, 0.6) is 0 Å². The molecular formula is C21H33N3O4S. The van der Waals surface area contributed by atoms with Crippen molar-refractivity contribution in [2.75, 3.05) is 44.2 Å². The highest BCUT2D eigenvalue weighted by molar-refractivity contribution is 7.89. The molecule has 0 radical (unpaired) electrons. The first-order valence-electron chi connectivity index (χ1n) is 10.7. The Kier molecular flexibility index (Phi) is 7.54. The van der Waals surface area contributed by atoms with Crippen LogP contribution in [0, 0.1) is 5.92 Å². The minimum atomic E-state index is -3.42. The molecule has 3 rings (SSSR count). The van der Waals surface area contributed by atoms with E-state index in [4.69, 9.17) is 4.74 Å². The minimum Gasteiger partial charge on any atom is -0.372 e. The topological polar surface area (TPSA) is 79.0 Å². The summed E-state index contributed by atoms with van der Waals surface area (Å²) in [7, 11) is -3.42. The molecule has 2 aliphatic rings. The molecule has 8 heteroatoms. The van der Waals surface area contributed by atoms with Crippen molar-refractivity contribution in [1.29, 1.82) is 0 Å². The lowest BCUT2D eigenvalue weighted by Gasteiger charge is -2.34. The molecule has 0 unspecified atom stereocenters. The molecule has 1 aromatic rings. The van der Waals surface area contributed by atoms with Crippen LogP contribution < -0.4 is 10.2 Å². The summed E-state index contributed by atoms with van der Waals surface area (Å²) < 4.78 is 32.1. The number of nitrogens with zero attached hydrogens (tertiary/aromatic N) is 2. The maximum atomic E-state index is 12.6. The Labute approximate surface area is 174 Å². The second kappa shape index (κ2) is 9.91. The van der Waals surface area contributed by atoms with E-state index in [9.17, 15) is 13.2 Å². The molecule has 2 fully saturated rings. The monoisotopic (exact) mass is 423 g/mol. The van der Waals surface area contributed by atoms with Crippen molar-refractivity contribution in [1.82, 2.24) is 9.62 Å². The molecule has 0 spiro atoms. The maximum absolute atomic E-state index is 12.6.